The molecule has 0 amide bonds. The highest BCUT2D eigenvalue weighted by molar-refractivity contribution is 9.10. The van der Waals surface area contributed by atoms with Gasteiger partial charge in [-0.25, -0.2) is 8.42 Å². The number of nitrogens with zero attached hydrogens (tertiary/aromatic N) is 1. The Kier molecular flexibility index (Phi) is 3.72. The van der Waals surface area contributed by atoms with Crippen molar-refractivity contribution in [2.75, 3.05) is 10.5 Å². The topological polar surface area (TPSA) is 70.0 Å². The quantitative estimate of drug-likeness (QED) is 0.925. The molecule has 0 aliphatic carbocycles. The number of nitriles is 1. The summed E-state index contributed by atoms with van der Waals surface area (Å²) in [4.78, 5) is 0. The molecule has 0 atom stereocenters. The fraction of sp³-hybridized carbons (Fsp3) is 0.222. The minimum atomic E-state index is -3.57. The van der Waals surface area contributed by atoms with Gasteiger partial charge >= 0.3 is 0 Å². The molecule has 0 spiro atoms. The first-order valence-electron chi connectivity index (χ1n) is 4.09. The number of sulfonamides is 1. The summed E-state index contributed by atoms with van der Waals surface area (Å²) in [5.74, 6) is -0.548. The molecule has 0 aliphatic heterocycles. The molecule has 0 saturated carbocycles. The lowest BCUT2D eigenvalue weighted by atomic mass is 10.2. The van der Waals surface area contributed by atoms with E-state index in [1.807, 2.05) is 13.0 Å². The number of halogens is 1. The Balaban J connectivity index is 3.02. The molecule has 0 fully saturated rings. The minimum absolute atomic E-state index is 0.449. The maximum Gasteiger partial charge on any atom is 0.246 e. The van der Waals surface area contributed by atoms with Gasteiger partial charge in [0.05, 0.1) is 11.8 Å². The molecule has 1 aromatic carbocycles. The molecule has 15 heavy (non-hydrogen) atoms. The van der Waals surface area contributed by atoms with Crippen LogP contribution in [0.1, 0.15) is 5.56 Å². The van der Waals surface area contributed by atoms with E-state index in [-0.39, 0.29) is 0 Å². The second kappa shape index (κ2) is 4.64. The number of hydrogen-bond acceptors (Lipinski definition) is 3. The van der Waals surface area contributed by atoms with Crippen molar-refractivity contribution in [3.8, 4) is 6.07 Å². The summed E-state index contributed by atoms with van der Waals surface area (Å²) in [6.07, 6.45) is 0. The van der Waals surface area contributed by atoms with Crippen molar-refractivity contribution in [2.45, 2.75) is 6.92 Å². The van der Waals surface area contributed by atoms with Gasteiger partial charge in [0.2, 0.25) is 10.0 Å². The van der Waals surface area contributed by atoms with Crippen LogP contribution in [0.2, 0.25) is 0 Å². The summed E-state index contributed by atoms with van der Waals surface area (Å²) in [6, 6.07) is 6.82. The summed E-state index contributed by atoms with van der Waals surface area (Å²) >= 11 is 3.27. The SMILES string of the molecule is Cc1cccc(NS(=O)(=O)CC#N)c1Br. The fourth-order valence-electron chi connectivity index (χ4n) is 1.01. The van der Waals surface area contributed by atoms with Crippen molar-refractivity contribution in [1.29, 1.82) is 5.26 Å². The van der Waals surface area contributed by atoms with Crippen LogP contribution in [0.25, 0.3) is 0 Å². The van der Waals surface area contributed by atoms with Gasteiger partial charge in [-0.2, -0.15) is 5.26 Å². The Hall–Kier alpha value is -1.06. The maximum atomic E-state index is 11.3. The lowest BCUT2D eigenvalue weighted by molar-refractivity contribution is 0.604. The van der Waals surface area contributed by atoms with E-state index in [0.29, 0.717) is 10.2 Å². The molecule has 0 bridgehead atoms. The van der Waals surface area contributed by atoms with Gasteiger partial charge in [-0.1, -0.05) is 12.1 Å². The molecule has 6 heteroatoms. The predicted octanol–water partition coefficient (Wildman–Crippen LogP) is 2.02. The number of hydrogen-bond donors (Lipinski definition) is 1. The van der Waals surface area contributed by atoms with Crippen molar-refractivity contribution >= 4 is 31.6 Å². The standard InChI is InChI=1S/C9H9BrN2O2S/c1-7-3-2-4-8(9(7)10)12-15(13,14)6-5-11/h2-4,12H,6H2,1H3. The zero-order valence-corrected chi connectivity index (χ0v) is 10.4. The van der Waals surface area contributed by atoms with E-state index in [1.165, 1.54) is 0 Å². The molecule has 0 saturated heterocycles. The van der Waals surface area contributed by atoms with Crippen LogP contribution in [0, 0.1) is 18.3 Å². The van der Waals surface area contributed by atoms with Crippen LogP contribution in [0.3, 0.4) is 0 Å². The lowest BCUT2D eigenvalue weighted by Gasteiger charge is -2.08. The Bertz CT molecular complexity index is 505. The summed E-state index contributed by atoms with van der Waals surface area (Å²) in [5, 5.41) is 8.32. The van der Waals surface area contributed by atoms with Crippen LogP contribution in [0.5, 0.6) is 0 Å². The maximum absolute atomic E-state index is 11.3. The fourth-order valence-corrected chi connectivity index (χ4v) is 2.26. The first kappa shape index (κ1) is 12.0. The predicted molar refractivity (Wildman–Crippen MR) is 61.9 cm³/mol. The summed E-state index contributed by atoms with van der Waals surface area (Å²) in [7, 11) is -3.57. The molecular formula is C9H9BrN2O2S. The smallest absolute Gasteiger partial charge is 0.246 e. The number of rotatable bonds is 3. The van der Waals surface area contributed by atoms with E-state index < -0.39 is 15.8 Å². The van der Waals surface area contributed by atoms with E-state index in [0.717, 1.165) is 5.56 Å². The molecule has 1 N–H and O–H groups in total. The average Bonchev–Trinajstić information content (AvgIpc) is 2.12. The molecule has 0 unspecified atom stereocenters. The van der Waals surface area contributed by atoms with E-state index >= 15 is 0 Å². The van der Waals surface area contributed by atoms with Gasteiger partial charge in [-0.15, -0.1) is 0 Å². The highest BCUT2D eigenvalue weighted by atomic mass is 79.9. The van der Waals surface area contributed by atoms with Crippen molar-refractivity contribution in [3.05, 3.63) is 28.2 Å². The van der Waals surface area contributed by atoms with Gasteiger partial charge < -0.3 is 0 Å². The van der Waals surface area contributed by atoms with Gasteiger partial charge in [0.25, 0.3) is 0 Å². The molecule has 0 heterocycles. The molecular weight excluding hydrogens is 280 g/mol. The van der Waals surface area contributed by atoms with Crippen molar-refractivity contribution in [1.82, 2.24) is 0 Å². The van der Waals surface area contributed by atoms with Gasteiger partial charge in [0, 0.05) is 4.47 Å². The van der Waals surface area contributed by atoms with Crippen LogP contribution in [0.4, 0.5) is 5.69 Å². The second-order valence-electron chi connectivity index (χ2n) is 2.96. The molecule has 0 aliphatic rings. The van der Waals surface area contributed by atoms with E-state index in [2.05, 4.69) is 20.7 Å². The van der Waals surface area contributed by atoms with Gasteiger partial charge in [0.15, 0.2) is 5.75 Å². The van der Waals surface area contributed by atoms with E-state index in [4.69, 9.17) is 5.26 Å². The van der Waals surface area contributed by atoms with Crippen LogP contribution < -0.4 is 4.72 Å². The van der Waals surface area contributed by atoms with Crippen LogP contribution in [-0.4, -0.2) is 14.2 Å². The van der Waals surface area contributed by atoms with E-state index in [9.17, 15) is 8.42 Å². The van der Waals surface area contributed by atoms with Crippen LogP contribution in [-0.2, 0) is 10.0 Å². The number of benzene rings is 1. The van der Waals surface area contributed by atoms with Gasteiger partial charge in [-0.3, -0.25) is 4.72 Å². The third-order valence-electron chi connectivity index (χ3n) is 1.71. The van der Waals surface area contributed by atoms with Crippen molar-refractivity contribution in [2.24, 2.45) is 0 Å². The summed E-state index contributed by atoms with van der Waals surface area (Å²) in [5.41, 5.74) is 1.37. The Morgan fingerprint density at radius 3 is 2.80 bits per heavy atom. The number of aryl methyl sites for hydroxylation is 1. The molecule has 0 aromatic heterocycles. The second-order valence-corrected chi connectivity index (χ2v) is 5.47. The molecule has 1 aromatic rings. The summed E-state index contributed by atoms with van der Waals surface area (Å²) < 4.78 is 25.6. The largest absolute Gasteiger partial charge is 0.282 e. The first-order chi connectivity index (χ1) is 6.96. The normalized spacial score (nSPS) is 10.7. The lowest BCUT2D eigenvalue weighted by Crippen LogP contribution is -2.15. The third kappa shape index (κ3) is 3.22. The Morgan fingerprint density at radius 2 is 2.20 bits per heavy atom. The highest BCUT2D eigenvalue weighted by Gasteiger charge is 2.11. The third-order valence-corrected chi connectivity index (χ3v) is 3.80. The molecule has 0 radical (unpaired) electrons. The monoisotopic (exact) mass is 288 g/mol. The van der Waals surface area contributed by atoms with Crippen LogP contribution in [0.15, 0.2) is 22.7 Å². The highest BCUT2D eigenvalue weighted by Crippen LogP contribution is 2.26. The number of nitrogens with one attached hydrogen (secondary N) is 1. The Labute approximate surface area is 97.1 Å². The summed E-state index contributed by atoms with van der Waals surface area (Å²) in [6.45, 7) is 1.85. The number of anilines is 1. The molecule has 80 valence electrons. The van der Waals surface area contributed by atoms with Gasteiger partial charge in [-0.05, 0) is 34.5 Å². The van der Waals surface area contributed by atoms with E-state index in [1.54, 1.807) is 18.2 Å². The van der Waals surface area contributed by atoms with Crippen LogP contribution >= 0.6 is 15.9 Å². The van der Waals surface area contributed by atoms with Gasteiger partial charge in [0.1, 0.15) is 0 Å². The zero-order chi connectivity index (χ0) is 11.5. The Morgan fingerprint density at radius 1 is 1.53 bits per heavy atom. The van der Waals surface area contributed by atoms with Crippen molar-refractivity contribution in [3.63, 3.8) is 0 Å². The first-order valence-corrected chi connectivity index (χ1v) is 6.53. The molecule has 1 rings (SSSR count). The zero-order valence-electron chi connectivity index (χ0n) is 7.99. The molecule has 4 nitrogen and oxygen atoms in total. The minimum Gasteiger partial charge on any atom is -0.282 e. The average molecular weight is 289 g/mol. The van der Waals surface area contributed by atoms with Crippen molar-refractivity contribution < 1.29 is 8.42 Å².